The van der Waals surface area contributed by atoms with E-state index in [2.05, 4.69) is 29.1 Å². The van der Waals surface area contributed by atoms with E-state index in [4.69, 9.17) is 5.73 Å². The maximum atomic E-state index is 14.9. The molecule has 1 saturated heterocycles. The van der Waals surface area contributed by atoms with Crippen LogP contribution in [0.25, 0.3) is 0 Å². The van der Waals surface area contributed by atoms with Gasteiger partial charge in [0.2, 0.25) is 11.7 Å². The third-order valence-electron chi connectivity index (χ3n) is 14.2. The molecule has 3 N–H and O–H groups in total. The number of primary amides is 1. The van der Waals surface area contributed by atoms with Crippen molar-refractivity contribution < 1.29 is 28.8 Å². The molecule has 11 nitrogen and oxygen atoms in total. The van der Waals surface area contributed by atoms with Crippen molar-refractivity contribution in [1.82, 2.24) is 20.2 Å². The van der Waals surface area contributed by atoms with Gasteiger partial charge in [0, 0.05) is 49.0 Å². The number of Topliss-reactive ketones (excluding diaryl/α,β-unsaturated/α-hetero) is 3. The average Bonchev–Trinajstić information content (AvgIpc) is 3.21. The number of nitrogens with two attached hydrogens (primary N) is 1. The van der Waals surface area contributed by atoms with E-state index < -0.39 is 46.9 Å². The molecular weight excluding hydrogens is 634 g/mol. The van der Waals surface area contributed by atoms with Gasteiger partial charge in [-0.3, -0.25) is 33.8 Å². The lowest BCUT2D eigenvalue weighted by Gasteiger charge is -2.38. The predicted molar refractivity (Wildman–Crippen MR) is 185 cm³/mol. The molecule has 5 fully saturated rings. The van der Waals surface area contributed by atoms with Gasteiger partial charge in [0.15, 0.2) is 11.6 Å². The number of rotatable bonds is 14. The van der Waals surface area contributed by atoms with Gasteiger partial charge >= 0.3 is 0 Å². The summed E-state index contributed by atoms with van der Waals surface area (Å²) in [7, 11) is 0. The molecule has 1 unspecified atom stereocenters. The number of carbonyl (C=O) groups is 6. The van der Waals surface area contributed by atoms with E-state index >= 15 is 0 Å². The molecule has 272 valence electrons. The number of hydrogen-bond acceptors (Lipinski definition) is 8. The Hall–Kier alpha value is -3.50. The number of aromatic nitrogens is 2. The minimum atomic E-state index is -1.02. The van der Waals surface area contributed by atoms with Crippen LogP contribution in [0, 0.1) is 45.3 Å². The SMILES string of the molecule is CC(C)(C)[C@H](CC(=O)[C@@H](NC(=O)c1cnccn1)C1CCC1)C(=O)N1C[C@]2(C[C@H]1C(=O)CC(CC1CCC1)C(=O)C(N)=O)C(C)(C)C21CCC1. The fraction of sp³-hybridized carbons (Fsp3) is 0.744. The molecular formula is C39H55N5O6. The molecule has 3 amide bonds. The second kappa shape index (κ2) is 13.2. The molecule has 6 rings (SSSR count). The summed E-state index contributed by atoms with van der Waals surface area (Å²) in [5.74, 6) is -4.10. The zero-order chi connectivity index (χ0) is 36.2. The quantitative estimate of drug-likeness (QED) is 0.267. The highest BCUT2D eigenvalue weighted by Crippen LogP contribution is 2.88. The summed E-state index contributed by atoms with van der Waals surface area (Å²) in [6, 6.07) is -1.50. The van der Waals surface area contributed by atoms with Gasteiger partial charge in [0.05, 0.1) is 18.3 Å². The maximum absolute atomic E-state index is 14.9. The van der Waals surface area contributed by atoms with Crippen LogP contribution >= 0.6 is 0 Å². The van der Waals surface area contributed by atoms with Gasteiger partial charge in [-0.2, -0.15) is 0 Å². The Bertz CT molecular complexity index is 1540. The second-order valence-corrected chi connectivity index (χ2v) is 17.8. The smallest absolute Gasteiger partial charge is 0.285 e. The Morgan fingerprint density at radius 1 is 0.960 bits per heavy atom. The molecule has 5 atom stereocenters. The van der Waals surface area contributed by atoms with Gasteiger partial charge in [-0.25, -0.2) is 4.98 Å². The fourth-order valence-corrected chi connectivity index (χ4v) is 10.3. The van der Waals surface area contributed by atoms with E-state index in [-0.39, 0.29) is 58.2 Å². The first-order valence-corrected chi connectivity index (χ1v) is 18.8. The van der Waals surface area contributed by atoms with E-state index in [0.29, 0.717) is 25.3 Å². The zero-order valence-corrected chi connectivity index (χ0v) is 30.5. The summed E-state index contributed by atoms with van der Waals surface area (Å²) in [4.78, 5) is 91.5. The molecule has 1 aromatic heterocycles. The normalized spacial score (nSPS) is 27.0. The Kier molecular flexibility index (Phi) is 9.61. The maximum Gasteiger partial charge on any atom is 0.285 e. The van der Waals surface area contributed by atoms with Crippen molar-refractivity contribution in [2.45, 2.75) is 130 Å². The minimum Gasteiger partial charge on any atom is -0.363 e. The molecule has 2 heterocycles. The van der Waals surface area contributed by atoms with Crippen molar-refractivity contribution >= 4 is 35.1 Å². The van der Waals surface area contributed by atoms with Gasteiger partial charge < -0.3 is 16.0 Å². The van der Waals surface area contributed by atoms with Crippen LogP contribution in [0.2, 0.25) is 0 Å². The zero-order valence-electron chi connectivity index (χ0n) is 30.5. The summed E-state index contributed by atoms with van der Waals surface area (Å²) in [6.07, 6.45) is 13.9. The molecule has 50 heavy (non-hydrogen) atoms. The third-order valence-corrected chi connectivity index (χ3v) is 14.2. The molecule has 0 aromatic carbocycles. The number of fused-ring (bicyclic) bond motifs is 1. The van der Waals surface area contributed by atoms with Crippen LogP contribution in [0.1, 0.15) is 129 Å². The summed E-state index contributed by atoms with van der Waals surface area (Å²) in [5, 5.41) is 2.91. The number of carbonyl (C=O) groups excluding carboxylic acids is 6. The Labute approximate surface area is 295 Å². The standard InChI is InChI=1S/C39H55N5O6/c1-36(2,3)26(19-30(46)31(24-11-7-12-24)43-34(49)27-21-41-15-16-42-27)35(50)44-22-39(37(4,5)38(39)13-8-14-38)20-28(44)29(45)18-25(32(47)33(40)48)17-23-9-6-10-23/h15-16,21,23-26,28,31H,6-14,17-20,22H2,1-5H3,(H2,40,48)(H,43,49)/t25?,26-,28+,31+,39-/m1/s1. The van der Waals surface area contributed by atoms with Crippen LogP contribution in [0.3, 0.4) is 0 Å². The van der Waals surface area contributed by atoms with E-state index in [1.807, 2.05) is 20.8 Å². The van der Waals surface area contributed by atoms with Crippen molar-refractivity contribution in [1.29, 1.82) is 0 Å². The lowest BCUT2D eigenvalue weighted by molar-refractivity contribution is -0.147. The van der Waals surface area contributed by atoms with Gasteiger partial charge in [-0.05, 0) is 66.6 Å². The molecule has 4 saturated carbocycles. The number of likely N-dealkylation sites (tertiary alicyclic amines) is 1. The first-order chi connectivity index (χ1) is 23.5. The second-order valence-electron chi connectivity index (χ2n) is 17.8. The molecule has 5 aliphatic rings. The van der Waals surface area contributed by atoms with Crippen molar-refractivity contribution in [3.63, 3.8) is 0 Å². The molecule has 1 aromatic rings. The Morgan fingerprint density at radius 3 is 2.12 bits per heavy atom. The summed E-state index contributed by atoms with van der Waals surface area (Å²) in [5.41, 5.74) is 4.73. The van der Waals surface area contributed by atoms with Crippen LogP contribution in [0.4, 0.5) is 0 Å². The van der Waals surface area contributed by atoms with Crippen molar-refractivity contribution in [3.8, 4) is 0 Å². The number of hydrogen-bond donors (Lipinski definition) is 2. The van der Waals surface area contributed by atoms with Crippen LogP contribution in [0.15, 0.2) is 18.6 Å². The average molecular weight is 690 g/mol. The van der Waals surface area contributed by atoms with Gasteiger partial charge in [-0.15, -0.1) is 0 Å². The lowest BCUT2D eigenvalue weighted by atomic mass is 9.72. The monoisotopic (exact) mass is 689 g/mol. The highest BCUT2D eigenvalue weighted by atomic mass is 16.2. The molecule has 4 aliphatic carbocycles. The highest BCUT2D eigenvalue weighted by Gasteiger charge is 2.85. The molecule has 0 radical (unpaired) electrons. The van der Waals surface area contributed by atoms with E-state index in [0.717, 1.165) is 57.8 Å². The Balaban J connectivity index is 1.26. The van der Waals surface area contributed by atoms with Crippen molar-refractivity contribution in [3.05, 3.63) is 24.3 Å². The van der Waals surface area contributed by atoms with Gasteiger partial charge in [0.1, 0.15) is 5.69 Å². The topological polar surface area (TPSA) is 169 Å². The third kappa shape index (κ3) is 6.10. The fourth-order valence-electron chi connectivity index (χ4n) is 10.3. The van der Waals surface area contributed by atoms with Crippen LogP contribution < -0.4 is 11.1 Å². The van der Waals surface area contributed by atoms with E-state index in [9.17, 15) is 28.8 Å². The number of nitrogens with zero attached hydrogens (tertiary/aromatic N) is 3. The first kappa shape index (κ1) is 36.3. The number of ketones is 3. The van der Waals surface area contributed by atoms with E-state index in [1.165, 1.54) is 18.6 Å². The van der Waals surface area contributed by atoms with Gasteiger partial charge in [-0.1, -0.05) is 66.7 Å². The van der Waals surface area contributed by atoms with Crippen LogP contribution in [0.5, 0.6) is 0 Å². The van der Waals surface area contributed by atoms with Crippen LogP contribution in [-0.2, 0) is 24.0 Å². The van der Waals surface area contributed by atoms with Crippen molar-refractivity contribution in [2.24, 2.45) is 51.1 Å². The number of nitrogens with one attached hydrogen (secondary N) is 1. The molecule has 11 heteroatoms. The number of amides is 3. The summed E-state index contributed by atoms with van der Waals surface area (Å²) in [6.45, 7) is 10.8. The first-order valence-electron chi connectivity index (χ1n) is 18.8. The largest absolute Gasteiger partial charge is 0.363 e. The highest BCUT2D eigenvalue weighted by molar-refractivity contribution is 6.36. The minimum absolute atomic E-state index is 0.0237. The van der Waals surface area contributed by atoms with Gasteiger partial charge in [0.25, 0.3) is 11.8 Å². The predicted octanol–water partition coefficient (Wildman–Crippen LogP) is 4.61. The van der Waals surface area contributed by atoms with Crippen molar-refractivity contribution in [2.75, 3.05) is 6.54 Å². The summed E-state index contributed by atoms with van der Waals surface area (Å²) >= 11 is 0. The van der Waals surface area contributed by atoms with Crippen LogP contribution in [-0.4, -0.2) is 68.6 Å². The summed E-state index contributed by atoms with van der Waals surface area (Å²) < 4.78 is 0. The van der Waals surface area contributed by atoms with E-state index in [1.54, 1.807) is 4.90 Å². The Morgan fingerprint density at radius 2 is 1.64 bits per heavy atom. The molecule has 1 aliphatic heterocycles. The molecule has 0 bridgehead atoms. The lowest BCUT2D eigenvalue weighted by Crippen LogP contribution is -2.52. The molecule has 2 spiro atoms.